The molecule has 0 fully saturated rings. The molecule has 0 saturated heterocycles. The van der Waals surface area contributed by atoms with Crippen LogP contribution >= 0.6 is 24.4 Å². The molecule has 2 aromatic heterocycles. The minimum absolute atomic E-state index is 0.321. The normalized spacial score (nSPS) is 15.3. The Labute approximate surface area is 175 Å². The molecule has 0 aliphatic heterocycles. The second kappa shape index (κ2) is 7.79. The van der Waals surface area contributed by atoms with E-state index in [1.54, 1.807) is 11.8 Å². The van der Waals surface area contributed by atoms with Crippen LogP contribution in [0.25, 0.3) is 11.4 Å². The van der Waals surface area contributed by atoms with Gasteiger partial charge in [-0.05, 0) is 48.6 Å². The lowest BCUT2D eigenvalue weighted by molar-refractivity contribution is 0.312. The molecule has 0 unspecified atom stereocenters. The Morgan fingerprint density at radius 2 is 2.11 bits per heavy atom. The van der Waals surface area contributed by atoms with E-state index in [0.717, 1.165) is 52.1 Å². The second-order valence-corrected chi connectivity index (χ2v) is 9.31. The molecule has 7 heteroatoms. The van der Waals surface area contributed by atoms with E-state index >= 15 is 0 Å². The number of H-pyrrole nitrogens is 1. The first-order valence-corrected chi connectivity index (χ1v) is 11.1. The van der Waals surface area contributed by atoms with Gasteiger partial charge in [-0.15, -0.1) is 12.6 Å². The predicted molar refractivity (Wildman–Crippen MR) is 118 cm³/mol. The van der Waals surface area contributed by atoms with Gasteiger partial charge in [0.05, 0.1) is 5.69 Å². The van der Waals surface area contributed by atoms with Crippen LogP contribution in [0.15, 0.2) is 40.4 Å². The maximum absolute atomic E-state index is 4.73. The smallest absolute Gasteiger partial charge is 0.189 e. The van der Waals surface area contributed by atoms with Crippen molar-refractivity contribution in [2.75, 3.05) is 11.6 Å². The maximum atomic E-state index is 4.73. The van der Waals surface area contributed by atoms with E-state index in [1.165, 1.54) is 11.3 Å². The molecule has 3 aromatic rings. The van der Waals surface area contributed by atoms with Crippen LogP contribution in [0.2, 0.25) is 0 Å². The Morgan fingerprint density at radius 1 is 1.25 bits per heavy atom. The zero-order chi connectivity index (χ0) is 19.7. The van der Waals surface area contributed by atoms with Gasteiger partial charge in [0.25, 0.3) is 0 Å². The molecule has 28 heavy (non-hydrogen) atoms. The van der Waals surface area contributed by atoms with Gasteiger partial charge in [0.15, 0.2) is 5.16 Å². The fraction of sp³-hybridized carbons (Fsp3) is 0.381. The number of hydrogen-bond acceptors (Lipinski definition) is 6. The molecule has 0 atom stereocenters. The summed E-state index contributed by atoms with van der Waals surface area (Å²) in [6, 6.07) is 10.1. The summed E-state index contributed by atoms with van der Waals surface area (Å²) in [5.41, 5.74) is 5.87. The molecule has 146 valence electrons. The quantitative estimate of drug-likeness (QED) is 0.313. The zero-order valence-electron chi connectivity index (χ0n) is 16.4. The van der Waals surface area contributed by atoms with Gasteiger partial charge in [0.2, 0.25) is 0 Å². The molecule has 0 radical (unpaired) electrons. The SMILES string of the molecule is CSc1nc(NCc2cccc(S)c2)cc(-c2n[nH]c3c2CCC(C)(C)C3)n1. The molecule has 2 N–H and O–H groups in total. The molecule has 0 bridgehead atoms. The van der Waals surface area contributed by atoms with Crippen LogP contribution in [0.3, 0.4) is 0 Å². The summed E-state index contributed by atoms with van der Waals surface area (Å²) >= 11 is 5.96. The van der Waals surface area contributed by atoms with Crippen molar-refractivity contribution in [2.24, 2.45) is 5.41 Å². The van der Waals surface area contributed by atoms with Gasteiger partial charge in [-0.3, -0.25) is 5.10 Å². The second-order valence-electron chi connectivity index (χ2n) is 8.02. The first-order valence-electron chi connectivity index (χ1n) is 9.45. The van der Waals surface area contributed by atoms with Crippen molar-refractivity contribution in [1.82, 2.24) is 20.2 Å². The lowest BCUT2D eigenvalue weighted by Gasteiger charge is -2.29. The zero-order valence-corrected chi connectivity index (χ0v) is 18.1. The van der Waals surface area contributed by atoms with Crippen LogP contribution in [-0.2, 0) is 19.4 Å². The van der Waals surface area contributed by atoms with Gasteiger partial charge >= 0.3 is 0 Å². The minimum atomic E-state index is 0.321. The van der Waals surface area contributed by atoms with E-state index in [9.17, 15) is 0 Å². The monoisotopic (exact) mass is 411 g/mol. The molecule has 1 aromatic carbocycles. The van der Waals surface area contributed by atoms with Crippen LogP contribution in [-0.4, -0.2) is 26.4 Å². The van der Waals surface area contributed by atoms with Gasteiger partial charge in [-0.2, -0.15) is 5.10 Å². The summed E-state index contributed by atoms with van der Waals surface area (Å²) in [5, 5.41) is 12.0. The van der Waals surface area contributed by atoms with Crippen molar-refractivity contribution in [3.63, 3.8) is 0 Å². The number of rotatable bonds is 5. The average molecular weight is 412 g/mol. The summed E-state index contributed by atoms with van der Waals surface area (Å²) in [6.45, 7) is 5.31. The van der Waals surface area contributed by atoms with E-state index in [1.807, 2.05) is 24.5 Å². The van der Waals surface area contributed by atoms with Crippen molar-refractivity contribution in [2.45, 2.75) is 49.7 Å². The molecule has 1 aliphatic carbocycles. The third kappa shape index (κ3) is 4.20. The highest BCUT2D eigenvalue weighted by Crippen LogP contribution is 2.37. The molecule has 5 nitrogen and oxygen atoms in total. The first kappa shape index (κ1) is 19.3. The van der Waals surface area contributed by atoms with Crippen molar-refractivity contribution in [1.29, 1.82) is 0 Å². The molecule has 0 amide bonds. The maximum Gasteiger partial charge on any atom is 0.189 e. The number of hydrogen-bond donors (Lipinski definition) is 3. The molecule has 0 saturated carbocycles. The highest BCUT2D eigenvalue weighted by atomic mass is 32.2. The van der Waals surface area contributed by atoms with Crippen LogP contribution in [0.4, 0.5) is 5.82 Å². The number of nitrogens with zero attached hydrogens (tertiary/aromatic N) is 3. The van der Waals surface area contributed by atoms with Crippen LogP contribution in [0.1, 0.15) is 37.1 Å². The number of aromatic amines is 1. The summed E-state index contributed by atoms with van der Waals surface area (Å²) in [6.07, 6.45) is 5.22. The van der Waals surface area contributed by atoms with Crippen molar-refractivity contribution < 1.29 is 0 Å². The Hall–Kier alpha value is -1.99. The van der Waals surface area contributed by atoms with E-state index in [2.05, 4.69) is 59.1 Å². The van der Waals surface area contributed by atoms with Gasteiger partial charge in [-0.25, -0.2) is 9.97 Å². The standard InChI is InChI=1S/C21H25N5S2/c1-21(2)8-7-15-17(11-21)25-26-19(15)16-10-18(24-20(23-16)28-3)22-12-13-5-4-6-14(27)9-13/h4-6,9-10,27H,7-8,11-12H2,1-3H3,(H,25,26)(H,22,23,24). The average Bonchev–Trinajstić information content (AvgIpc) is 3.08. The van der Waals surface area contributed by atoms with Gasteiger partial charge in [-0.1, -0.05) is 37.7 Å². The number of nitrogens with one attached hydrogen (secondary N) is 2. The fourth-order valence-corrected chi connectivity index (χ4v) is 4.28. The highest BCUT2D eigenvalue weighted by molar-refractivity contribution is 7.98. The Morgan fingerprint density at radius 3 is 2.89 bits per heavy atom. The summed E-state index contributed by atoms with van der Waals surface area (Å²) in [4.78, 5) is 10.3. The van der Waals surface area contributed by atoms with E-state index in [0.29, 0.717) is 12.0 Å². The van der Waals surface area contributed by atoms with Crippen molar-refractivity contribution >= 4 is 30.2 Å². The number of fused-ring (bicyclic) bond motifs is 1. The van der Waals surface area contributed by atoms with E-state index < -0.39 is 0 Å². The van der Waals surface area contributed by atoms with Crippen LogP contribution < -0.4 is 5.32 Å². The third-order valence-electron chi connectivity index (χ3n) is 5.17. The van der Waals surface area contributed by atoms with Gasteiger partial charge in [0.1, 0.15) is 11.5 Å². The highest BCUT2D eigenvalue weighted by Gasteiger charge is 2.29. The largest absolute Gasteiger partial charge is 0.366 e. The Bertz CT molecular complexity index is 996. The van der Waals surface area contributed by atoms with Crippen LogP contribution in [0, 0.1) is 5.41 Å². The van der Waals surface area contributed by atoms with Crippen molar-refractivity contribution in [3.8, 4) is 11.4 Å². The molecule has 1 aliphatic rings. The van der Waals surface area contributed by atoms with E-state index in [4.69, 9.17) is 4.98 Å². The van der Waals surface area contributed by atoms with Gasteiger partial charge in [0, 0.05) is 28.8 Å². The first-order chi connectivity index (χ1) is 13.4. The summed E-state index contributed by atoms with van der Waals surface area (Å²) < 4.78 is 0. The number of benzene rings is 1. The summed E-state index contributed by atoms with van der Waals surface area (Å²) in [7, 11) is 0. The Kier molecular flexibility index (Phi) is 5.38. The molecule has 4 rings (SSSR count). The minimum Gasteiger partial charge on any atom is -0.366 e. The number of thiol groups is 1. The van der Waals surface area contributed by atoms with Crippen molar-refractivity contribution in [3.05, 3.63) is 47.2 Å². The Balaban J connectivity index is 1.62. The molecule has 2 heterocycles. The molecule has 0 spiro atoms. The predicted octanol–water partition coefficient (Wildman–Crippen LogP) is 5.00. The third-order valence-corrected chi connectivity index (χ3v) is 6.00. The fourth-order valence-electron chi connectivity index (χ4n) is 3.65. The lowest BCUT2D eigenvalue weighted by atomic mass is 9.76. The molecular formula is C21H25N5S2. The summed E-state index contributed by atoms with van der Waals surface area (Å²) in [5.74, 6) is 0.812. The van der Waals surface area contributed by atoms with Gasteiger partial charge < -0.3 is 5.32 Å². The molecular weight excluding hydrogens is 386 g/mol. The van der Waals surface area contributed by atoms with E-state index in [-0.39, 0.29) is 0 Å². The topological polar surface area (TPSA) is 66.5 Å². The lowest BCUT2D eigenvalue weighted by Crippen LogP contribution is -2.22. The number of anilines is 1. The van der Waals surface area contributed by atoms with Crippen LogP contribution in [0.5, 0.6) is 0 Å². The number of aromatic nitrogens is 4. The number of thioether (sulfide) groups is 1.